The summed E-state index contributed by atoms with van der Waals surface area (Å²) in [5.41, 5.74) is 1.10. The maximum atomic E-state index is 13.0. The molecule has 1 atom stereocenters. The van der Waals surface area contributed by atoms with Gasteiger partial charge in [0.05, 0.1) is 0 Å². The second-order valence-corrected chi connectivity index (χ2v) is 7.18. The molecule has 0 spiro atoms. The standard InChI is InChI=1S/C19H26ClN3O2/c1-2-18(24)23-9-4-3-8-17(23)19(25)22-12-10-21(11-13-22)16-7-5-6-15(20)14-16/h5-7,14,17H,2-4,8-13H2,1H3. The van der Waals surface area contributed by atoms with Crippen LogP contribution in [-0.4, -0.2) is 60.4 Å². The summed E-state index contributed by atoms with van der Waals surface area (Å²) in [6.07, 6.45) is 3.27. The Bertz CT molecular complexity index is 629. The summed E-state index contributed by atoms with van der Waals surface area (Å²) in [7, 11) is 0. The average molecular weight is 364 g/mol. The van der Waals surface area contributed by atoms with Crippen molar-refractivity contribution in [3.63, 3.8) is 0 Å². The number of likely N-dealkylation sites (tertiary alicyclic amines) is 1. The Balaban J connectivity index is 1.61. The van der Waals surface area contributed by atoms with E-state index in [1.807, 2.05) is 36.1 Å². The summed E-state index contributed by atoms with van der Waals surface area (Å²) in [5.74, 6) is 0.211. The molecule has 2 aliphatic heterocycles. The van der Waals surface area contributed by atoms with Crippen molar-refractivity contribution in [3.8, 4) is 0 Å². The van der Waals surface area contributed by atoms with E-state index in [1.165, 1.54) is 0 Å². The van der Waals surface area contributed by atoms with Gasteiger partial charge < -0.3 is 14.7 Å². The van der Waals surface area contributed by atoms with Crippen LogP contribution in [0.1, 0.15) is 32.6 Å². The maximum Gasteiger partial charge on any atom is 0.245 e. The third kappa shape index (κ3) is 4.09. The number of carbonyl (C=O) groups excluding carboxylic acids is 2. The number of piperazine rings is 1. The summed E-state index contributed by atoms with van der Waals surface area (Å²) in [6, 6.07) is 7.56. The highest BCUT2D eigenvalue weighted by molar-refractivity contribution is 6.30. The Labute approximate surface area is 154 Å². The molecule has 136 valence electrons. The number of benzene rings is 1. The molecule has 2 aliphatic rings. The summed E-state index contributed by atoms with van der Waals surface area (Å²) in [6.45, 7) is 5.54. The zero-order valence-corrected chi connectivity index (χ0v) is 15.5. The number of amides is 2. The summed E-state index contributed by atoms with van der Waals surface area (Å²) in [5, 5.41) is 0.729. The Morgan fingerprint density at radius 2 is 1.88 bits per heavy atom. The lowest BCUT2D eigenvalue weighted by atomic mass is 10.00. The van der Waals surface area contributed by atoms with Gasteiger partial charge in [0.2, 0.25) is 11.8 Å². The average Bonchev–Trinajstić information content (AvgIpc) is 2.67. The van der Waals surface area contributed by atoms with Crippen molar-refractivity contribution < 1.29 is 9.59 Å². The van der Waals surface area contributed by atoms with Crippen LogP contribution in [0, 0.1) is 0 Å². The minimum atomic E-state index is -0.265. The molecule has 0 aromatic heterocycles. The predicted octanol–water partition coefficient (Wildman–Crippen LogP) is 2.78. The molecule has 3 rings (SSSR count). The first-order valence-corrected chi connectivity index (χ1v) is 9.56. The number of nitrogens with zero attached hydrogens (tertiary/aromatic N) is 3. The smallest absolute Gasteiger partial charge is 0.245 e. The molecule has 0 bridgehead atoms. The first-order chi connectivity index (χ1) is 12.1. The summed E-state index contributed by atoms with van der Waals surface area (Å²) in [4.78, 5) is 31.1. The SMILES string of the molecule is CCC(=O)N1CCCCC1C(=O)N1CCN(c2cccc(Cl)c2)CC1. The van der Waals surface area contributed by atoms with Gasteiger partial charge in [0, 0.05) is 49.9 Å². The molecule has 2 saturated heterocycles. The molecule has 2 fully saturated rings. The highest BCUT2D eigenvalue weighted by Gasteiger charge is 2.35. The van der Waals surface area contributed by atoms with Crippen molar-refractivity contribution in [1.82, 2.24) is 9.80 Å². The summed E-state index contributed by atoms with van der Waals surface area (Å²) < 4.78 is 0. The minimum absolute atomic E-state index is 0.0932. The minimum Gasteiger partial charge on any atom is -0.368 e. The fraction of sp³-hybridized carbons (Fsp3) is 0.579. The van der Waals surface area contributed by atoms with Crippen LogP contribution >= 0.6 is 11.6 Å². The van der Waals surface area contributed by atoms with Gasteiger partial charge in [-0.2, -0.15) is 0 Å². The van der Waals surface area contributed by atoms with E-state index in [0.717, 1.165) is 43.1 Å². The van der Waals surface area contributed by atoms with Crippen LogP contribution < -0.4 is 4.90 Å². The van der Waals surface area contributed by atoms with Gasteiger partial charge in [0.15, 0.2) is 0 Å². The third-order valence-corrected chi connectivity index (χ3v) is 5.41. The monoisotopic (exact) mass is 363 g/mol. The Kier molecular flexibility index (Phi) is 5.84. The molecule has 0 radical (unpaired) electrons. The van der Waals surface area contributed by atoms with E-state index in [9.17, 15) is 9.59 Å². The highest BCUT2D eigenvalue weighted by atomic mass is 35.5. The normalized spacial score (nSPS) is 21.4. The van der Waals surface area contributed by atoms with Gasteiger partial charge >= 0.3 is 0 Å². The summed E-state index contributed by atoms with van der Waals surface area (Å²) >= 11 is 6.08. The fourth-order valence-electron chi connectivity index (χ4n) is 3.76. The van der Waals surface area contributed by atoms with E-state index < -0.39 is 0 Å². The van der Waals surface area contributed by atoms with Gasteiger partial charge in [-0.15, -0.1) is 0 Å². The molecule has 6 heteroatoms. The van der Waals surface area contributed by atoms with Crippen molar-refractivity contribution in [2.75, 3.05) is 37.6 Å². The second-order valence-electron chi connectivity index (χ2n) is 6.74. The first-order valence-electron chi connectivity index (χ1n) is 9.19. The molecule has 0 aliphatic carbocycles. The van der Waals surface area contributed by atoms with Gasteiger partial charge in [-0.25, -0.2) is 0 Å². The van der Waals surface area contributed by atoms with Crippen molar-refractivity contribution in [1.29, 1.82) is 0 Å². The zero-order valence-electron chi connectivity index (χ0n) is 14.8. The van der Waals surface area contributed by atoms with E-state index in [1.54, 1.807) is 4.90 Å². The van der Waals surface area contributed by atoms with E-state index in [4.69, 9.17) is 11.6 Å². The largest absolute Gasteiger partial charge is 0.368 e. The number of piperidine rings is 1. The van der Waals surface area contributed by atoms with Crippen LogP contribution in [-0.2, 0) is 9.59 Å². The molecular formula is C19H26ClN3O2. The van der Waals surface area contributed by atoms with Crippen molar-refractivity contribution in [3.05, 3.63) is 29.3 Å². The van der Waals surface area contributed by atoms with Crippen LogP contribution in [0.25, 0.3) is 0 Å². The number of halogens is 1. The molecule has 1 aromatic carbocycles. The van der Waals surface area contributed by atoms with Crippen LogP contribution in [0.4, 0.5) is 5.69 Å². The lowest BCUT2D eigenvalue weighted by molar-refractivity contribution is -0.147. The molecule has 5 nitrogen and oxygen atoms in total. The highest BCUT2D eigenvalue weighted by Crippen LogP contribution is 2.23. The molecule has 0 N–H and O–H groups in total. The molecule has 2 heterocycles. The van der Waals surface area contributed by atoms with Crippen molar-refractivity contribution >= 4 is 29.1 Å². The second kappa shape index (κ2) is 8.09. The number of rotatable bonds is 3. The van der Waals surface area contributed by atoms with Gasteiger partial charge in [0.25, 0.3) is 0 Å². The molecule has 0 saturated carbocycles. The van der Waals surface area contributed by atoms with E-state index >= 15 is 0 Å². The molecular weight excluding hydrogens is 338 g/mol. The van der Waals surface area contributed by atoms with Crippen LogP contribution in [0.15, 0.2) is 24.3 Å². The van der Waals surface area contributed by atoms with Crippen LogP contribution in [0.3, 0.4) is 0 Å². The lowest BCUT2D eigenvalue weighted by Crippen LogP contribution is -2.57. The van der Waals surface area contributed by atoms with Gasteiger partial charge in [-0.3, -0.25) is 9.59 Å². The zero-order chi connectivity index (χ0) is 17.8. The fourth-order valence-corrected chi connectivity index (χ4v) is 3.94. The number of anilines is 1. The van der Waals surface area contributed by atoms with Gasteiger partial charge in [-0.1, -0.05) is 24.6 Å². The quantitative estimate of drug-likeness (QED) is 0.829. The van der Waals surface area contributed by atoms with Gasteiger partial charge in [0.1, 0.15) is 6.04 Å². The first kappa shape index (κ1) is 18.1. The maximum absolute atomic E-state index is 13.0. The lowest BCUT2D eigenvalue weighted by Gasteiger charge is -2.41. The number of hydrogen-bond donors (Lipinski definition) is 0. The van der Waals surface area contributed by atoms with Crippen molar-refractivity contribution in [2.45, 2.75) is 38.6 Å². The number of hydrogen-bond acceptors (Lipinski definition) is 3. The molecule has 1 unspecified atom stereocenters. The van der Waals surface area contributed by atoms with Crippen molar-refractivity contribution in [2.24, 2.45) is 0 Å². The number of carbonyl (C=O) groups is 2. The van der Waals surface area contributed by atoms with Gasteiger partial charge in [-0.05, 0) is 37.5 Å². The molecule has 2 amide bonds. The topological polar surface area (TPSA) is 43.9 Å². The van der Waals surface area contributed by atoms with E-state index in [-0.39, 0.29) is 17.9 Å². The third-order valence-electron chi connectivity index (χ3n) is 5.18. The Morgan fingerprint density at radius 1 is 1.12 bits per heavy atom. The van der Waals surface area contributed by atoms with Crippen LogP contribution in [0.2, 0.25) is 5.02 Å². The van der Waals surface area contributed by atoms with Crippen LogP contribution in [0.5, 0.6) is 0 Å². The Morgan fingerprint density at radius 3 is 2.56 bits per heavy atom. The molecule has 1 aromatic rings. The Hall–Kier alpha value is -1.75. The van der Waals surface area contributed by atoms with E-state index in [2.05, 4.69) is 4.90 Å². The predicted molar refractivity (Wildman–Crippen MR) is 99.9 cm³/mol. The van der Waals surface area contributed by atoms with E-state index in [0.29, 0.717) is 26.1 Å². The molecule has 25 heavy (non-hydrogen) atoms.